The Labute approximate surface area is 358 Å². The van der Waals surface area contributed by atoms with Crippen LogP contribution in [0, 0.1) is 6.92 Å². The molecule has 0 atom stereocenters. The summed E-state index contributed by atoms with van der Waals surface area (Å²) in [5.74, 6) is 0. The molecule has 1 aliphatic rings. The predicted octanol–water partition coefficient (Wildman–Crippen LogP) is 16.0. The molecule has 0 aliphatic heterocycles. The van der Waals surface area contributed by atoms with Crippen molar-refractivity contribution in [2.75, 3.05) is 4.90 Å². The molecule has 0 aromatic heterocycles. The first-order valence-electron chi connectivity index (χ1n) is 21.2. The number of rotatable bonds is 8. The summed E-state index contributed by atoms with van der Waals surface area (Å²) in [6.45, 7) is 2.27. The second-order valence-corrected chi connectivity index (χ2v) is 16.0. The van der Waals surface area contributed by atoms with Gasteiger partial charge in [0.2, 0.25) is 0 Å². The minimum absolute atomic E-state index is 0.533. The summed E-state index contributed by atoms with van der Waals surface area (Å²) < 4.78 is 0. The Morgan fingerprint density at radius 1 is 0.361 bits per heavy atom. The van der Waals surface area contributed by atoms with Crippen LogP contribution in [0.1, 0.15) is 27.8 Å². The van der Waals surface area contributed by atoms with Gasteiger partial charge < -0.3 is 4.90 Å². The fraction of sp³-hybridized carbons (Fsp3) is 0.0333. The molecule has 0 unspecified atom stereocenters. The molecular formula is C60H43N. The van der Waals surface area contributed by atoms with Crippen molar-refractivity contribution in [1.29, 1.82) is 0 Å². The van der Waals surface area contributed by atoms with Crippen LogP contribution < -0.4 is 4.90 Å². The van der Waals surface area contributed by atoms with Gasteiger partial charge in [0.25, 0.3) is 0 Å². The van der Waals surface area contributed by atoms with Crippen LogP contribution in [0.3, 0.4) is 0 Å². The van der Waals surface area contributed by atoms with E-state index in [4.69, 9.17) is 0 Å². The van der Waals surface area contributed by atoms with E-state index in [2.05, 4.69) is 254 Å². The Kier molecular flexibility index (Phi) is 9.02. The van der Waals surface area contributed by atoms with Gasteiger partial charge in [0.1, 0.15) is 0 Å². The largest absolute Gasteiger partial charge is 0.309 e. The van der Waals surface area contributed by atoms with Crippen molar-refractivity contribution in [2.24, 2.45) is 0 Å². The van der Waals surface area contributed by atoms with Crippen LogP contribution in [0.25, 0.3) is 55.3 Å². The molecular weight excluding hydrogens is 735 g/mol. The molecule has 10 aromatic rings. The van der Waals surface area contributed by atoms with Gasteiger partial charge in [0, 0.05) is 22.3 Å². The molecule has 0 heterocycles. The Morgan fingerprint density at radius 2 is 0.852 bits per heavy atom. The van der Waals surface area contributed by atoms with Gasteiger partial charge in [-0.15, -0.1) is 0 Å². The minimum Gasteiger partial charge on any atom is -0.309 e. The van der Waals surface area contributed by atoms with Crippen molar-refractivity contribution in [3.8, 4) is 44.5 Å². The monoisotopic (exact) mass is 777 g/mol. The van der Waals surface area contributed by atoms with E-state index in [0.29, 0.717) is 0 Å². The molecule has 61 heavy (non-hydrogen) atoms. The minimum atomic E-state index is -0.533. The number of nitrogens with zero attached hydrogens (tertiary/aromatic N) is 1. The summed E-state index contributed by atoms with van der Waals surface area (Å²) in [6.07, 6.45) is 0. The zero-order valence-corrected chi connectivity index (χ0v) is 34.0. The fourth-order valence-electron chi connectivity index (χ4n) is 10.1. The smallest absolute Gasteiger partial charge is 0.0714 e. The molecule has 0 spiro atoms. The maximum atomic E-state index is 2.53. The molecule has 0 bridgehead atoms. The molecule has 0 radical (unpaired) electrons. The third-order valence-electron chi connectivity index (χ3n) is 12.7. The van der Waals surface area contributed by atoms with Gasteiger partial charge in [-0.05, 0) is 109 Å². The number of aryl methyl sites for hydroxylation is 1. The van der Waals surface area contributed by atoms with Crippen molar-refractivity contribution in [3.05, 3.63) is 270 Å². The molecule has 1 aliphatic carbocycles. The second kappa shape index (κ2) is 15.1. The van der Waals surface area contributed by atoms with Crippen LogP contribution >= 0.6 is 0 Å². The maximum Gasteiger partial charge on any atom is 0.0714 e. The van der Waals surface area contributed by atoms with Gasteiger partial charge in [0.15, 0.2) is 0 Å². The zero-order valence-electron chi connectivity index (χ0n) is 34.0. The third kappa shape index (κ3) is 5.93. The van der Waals surface area contributed by atoms with E-state index in [-0.39, 0.29) is 0 Å². The van der Waals surface area contributed by atoms with Gasteiger partial charge in [-0.3, -0.25) is 0 Å². The molecule has 10 aromatic carbocycles. The van der Waals surface area contributed by atoms with Crippen LogP contribution in [-0.2, 0) is 5.41 Å². The zero-order chi connectivity index (χ0) is 40.8. The number of hydrogen-bond acceptors (Lipinski definition) is 1. The Morgan fingerprint density at radius 3 is 1.48 bits per heavy atom. The second-order valence-electron chi connectivity index (χ2n) is 16.0. The van der Waals surface area contributed by atoms with Crippen molar-refractivity contribution in [2.45, 2.75) is 12.3 Å². The summed E-state index contributed by atoms with van der Waals surface area (Å²) in [7, 11) is 0. The van der Waals surface area contributed by atoms with Crippen LogP contribution in [0.2, 0.25) is 0 Å². The Hall–Kier alpha value is -7.74. The lowest BCUT2D eigenvalue weighted by Gasteiger charge is -2.35. The molecule has 1 heteroatoms. The van der Waals surface area contributed by atoms with Crippen molar-refractivity contribution in [1.82, 2.24) is 0 Å². The van der Waals surface area contributed by atoms with Gasteiger partial charge in [0.05, 0.1) is 11.1 Å². The Balaban J connectivity index is 1.17. The summed E-state index contributed by atoms with van der Waals surface area (Å²) in [4.78, 5) is 2.53. The SMILES string of the molecule is Cc1cc(-c2ccccc2-c2ccccc2-c2ccccc2)ccc1N(c1ccccc1)c1c2c(cc3ccccc13)C(c1ccccc1)(c1ccccc1)c1ccccc1-2. The molecule has 288 valence electrons. The van der Waals surface area contributed by atoms with Gasteiger partial charge >= 0.3 is 0 Å². The predicted molar refractivity (Wildman–Crippen MR) is 257 cm³/mol. The quantitative estimate of drug-likeness (QED) is 0.149. The molecule has 0 amide bonds. The average molecular weight is 778 g/mol. The number of benzene rings is 10. The summed E-state index contributed by atoms with van der Waals surface area (Å²) in [5.41, 5.74) is 19.0. The number of anilines is 3. The molecule has 1 nitrogen and oxygen atoms in total. The summed E-state index contributed by atoms with van der Waals surface area (Å²) in [6, 6.07) is 89.0. The average Bonchev–Trinajstić information content (AvgIpc) is 3.63. The topological polar surface area (TPSA) is 3.24 Å². The molecule has 11 rings (SSSR count). The normalized spacial score (nSPS) is 12.5. The van der Waals surface area contributed by atoms with Crippen LogP contribution in [0.5, 0.6) is 0 Å². The molecule has 0 saturated heterocycles. The lowest BCUT2D eigenvalue weighted by molar-refractivity contribution is 0.769. The first-order chi connectivity index (χ1) is 30.2. The first-order valence-corrected chi connectivity index (χ1v) is 21.2. The van der Waals surface area contributed by atoms with Crippen LogP contribution in [-0.4, -0.2) is 0 Å². The molecule has 0 saturated carbocycles. The maximum absolute atomic E-state index is 2.53. The molecule has 0 fully saturated rings. The van der Waals surface area contributed by atoms with E-state index < -0.39 is 5.41 Å². The highest BCUT2D eigenvalue weighted by Gasteiger charge is 2.48. The molecule has 0 N–H and O–H groups in total. The number of para-hydroxylation sites is 1. The van der Waals surface area contributed by atoms with Gasteiger partial charge in [-0.25, -0.2) is 0 Å². The number of hydrogen-bond donors (Lipinski definition) is 0. The highest BCUT2D eigenvalue weighted by Crippen LogP contribution is 2.61. The summed E-state index contributed by atoms with van der Waals surface area (Å²) in [5, 5.41) is 2.42. The number of fused-ring (bicyclic) bond motifs is 4. The van der Waals surface area contributed by atoms with Crippen LogP contribution in [0.15, 0.2) is 243 Å². The van der Waals surface area contributed by atoms with Gasteiger partial charge in [-0.2, -0.15) is 0 Å². The van der Waals surface area contributed by atoms with E-state index >= 15 is 0 Å². The Bertz CT molecular complexity index is 3150. The standard InChI is InChI=1S/C60H43N/c1-42-40-45(50-32-17-19-35-53(50)52-34-18-16-31-49(52)43-22-6-2-7-23-43)38-39-57(42)61(48-29-12-5-13-30-48)59-51-33-15-14-24-44(51)41-56-58(59)54-36-20-21-37-55(54)60(56,46-25-8-3-9-26-46)47-27-10-4-11-28-47/h2-41H,1H3. The first kappa shape index (κ1) is 36.3. The van der Waals surface area contributed by atoms with E-state index in [1.54, 1.807) is 0 Å². The van der Waals surface area contributed by atoms with Crippen molar-refractivity contribution >= 4 is 27.8 Å². The third-order valence-corrected chi connectivity index (χ3v) is 12.7. The lowest BCUT2D eigenvalue weighted by Crippen LogP contribution is -2.28. The lowest BCUT2D eigenvalue weighted by atomic mass is 9.67. The fourth-order valence-corrected chi connectivity index (χ4v) is 10.1. The van der Waals surface area contributed by atoms with Crippen molar-refractivity contribution < 1.29 is 0 Å². The van der Waals surface area contributed by atoms with E-state index in [1.807, 2.05) is 0 Å². The summed E-state index contributed by atoms with van der Waals surface area (Å²) >= 11 is 0. The highest BCUT2D eigenvalue weighted by atomic mass is 15.1. The van der Waals surface area contributed by atoms with Crippen LogP contribution in [0.4, 0.5) is 17.1 Å². The highest BCUT2D eigenvalue weighted by molar-refractivity contribution is 6.11. The van der Waals surface area contributed by atoms with E-state index in [9.17, 15) is 0 Å². The van der Waals surface area contributed by atoms with Crippen molar-refractivity contribution in [3.63, 3.8) is 0 Å². The van der Waals surface area contributed by atoms with E-state index in [0.717, 1.165) is 11.4 Å². The van der Waals surface area contributed by atoms with Gasteiger partial charge in [-0.1, -0.05) is 212 Å². The van der Waals surface area contributed by atoms with E-state index in [1.165, 1.54) is 88.8 Å².